The fourth-order valence-corrected chi connectivity index (χ4v) is 2.10. The number of hydrogen-bond acceptors (Lipinski definition) is 2. The van der Waals surface area contributed by atoms with E-state index in [4.69, 9.17) is 4.74 Å². The second-order valence-corrected chi connectivity index (χ2v) is 4.38. The predicted molar refractivity (Wildman–Crippen MR) is 55.0 cm³/mol. The van der Waals surface area contributed by atoms with Crippen LogP contribution in [-0.4, -0.2) is 11.2 Å². The summed E-state index contributed by atoms with van der Waals surface area (Å²) in [7, 11) is 0. The van der Waals surface area contributed by atoms with E-state index in [1.54, 1.807) is 6.92 Å². The molecule has 2 unspecified atom stereocenters. The van der Waals surface area contributed by atoms with E-state index in [0.29, 0.717) is 0 Å². The summed E-state index contributed by atoms with van der Waals surface area (Å²) in [4.78, 5) is 0. The lowest BCUT2D eigenvalue weighted by atomic mass is 9.94. The molecule has 0 spiro atoms. The van der Waals surface area contributed by atoms with E-state index in [2.05, 4.69) is 6.07 Å². The Morgan fingerprint density at radius 1 is 1.36 bits per heavy atom. The lowest BCUT2D eigenvalue weighted by molar-refractivity contribution is -0.0980. The number of rotatable bonds is 1. The van der Waals surface area contributed by atoms with Crippen molar-refractivity contribution in [3.05, 3.63) is 35.4 Å². The molecule has 1 heterocycles. The normalized spacial score (nSPS) is 25.9. The maximum absolute atomic E-state index is 9.61. The molecule has 1 N–H and O–H groups in total. The van der Waals surface area contributed by atoms with Crippen LogP contribution in [0, 0.1) is 0 Å². The van der Waals surface area contributed by atoms with Crippen molar-refractivity contribution in [2.75, 3.05) is 0 Å². The van der Waals surface area contributed by atoms with Gasteiger partial charge in [0.25, 0.3) is 0 Å². The van der Waals surface area contributed by atoms with E-state index in [1.807, 2.05) is 32.0 Å². The molecule has 1 aromatic rings. The molecule has 14 heavy (non-hydrogen) atoms. The second kappa shape index (κ2) is 3.07. The first-order chi connectivity index (χ1) is 6.52. The summed E-state index contributed by atoms with van der Waals surface area (Å²) < 4.78 is 5.83. The number of fused-ring (bicyclic) bond motifs is 1. The van der Waals surface area contributed by atoms with Gasteiger partial charge >= 0.3 is 0 Å². The Hall–Kier alpha value is -0.860. The molecular weight excluding hydrogens is 176 g/mol. The Morgan fingerprint density at radius 2 is 2.00 bits per heavy atom. The molecule has 0 bridgehead atoms. The molecule has 2 atom stereocenters. The van der Waals surface area contributed by atoms with E-state index >= 15 is 0 Å². The van der Waals surface area contributed by atoms with Gasteiger partial charge in [-0.15, -0.1) is 0 Å². The first-order valence-electron chi connectivity index (χ1n) is 4.97. The van der Waals surface area contributed by atoms with Gasteiger partial charge in [-0.2, -0.15) is 0 Å². The van der Waals surface area contributed by atoms with E-state index in [9.17, 15) is 5.11 Å². The van der Waals surface area contributed by atoms with Crippen LogP contribution in [0.15, 0.2) is 24.3 Å². The number of aliphatic hydroxyl groups excluding tert-OH is 1. The molecule has 0 amide bonds. The highest BCUT2D eigenvalue weighted by molar-refractivity contribution is 5.37. The molecule has 0 saturated heterocycles. The standard InChI is InChI=1S/C12H16O2/c1-8(13)11-9-6-4-5-7-10(9)12(2,3)14-11/h4-8,11,13H,1-3H3. The topological polar surface area (TPSA) is 29.5 Å². The predicted octanol–water partition coefficient (Wildman–Crippen LogP) is 2.37. The average molecular weight is 192 g/mol. The molecule has 2 nitrogen and oxygen atoms in total. The van der Waals surface area contributed by atoms with Crippen LogP contribution in [0.1, 0.15) is 38.0 Å². The number of hydrogen-bond donors (Lipinski definition) is 1. The van der Waals surface area contributed by atoms with Crippen molar-refractivity contribution in [2.24, 2.45) is 0 Å². The third kappa shape index (κ3) is 1.35. The van der Waals surface area contributed by atoms with Gasteiger partial charge in [-0.25, -0.2) is 0 Å². The number of aliphatic hydroxyl groups is 1. The zero-order chi connectivity index (χ0) is 10.3. The number of benzene rings is 1. The van der Waals surface area contributed by atoms with Crippen molar-refractivity contribution in [1.82, 2.24) is 0 Å². The van der Waals surface area contributed by atoms with Gasteiger partial charge in [0.05, 0.1) is 11.7 Å². The van der Waals surface area contributed by atoms with Gasteiger partial charge in [0, 0.05) is 0 Å². The van der Waals surface area contributed by atoms with Gasteiger partial charge in [0.1, 0.15) is 6.10 Å². The van der Waals surface area contributed by atoms with E-state index in [0.717, 1.165) is 5.56 Å². The molecule has 1 aliphatic heterocycles. The van der Waals surface area contributed by atoms with Gasteiger partial charge < -0.3 is 9.84 Å². The minimum absolute atomic E-state index is 0.179. The molecule has 2 heteroatoms. The van der Waals surface area contributed by atoms with E-state index in [1.165, 1.54) is 5.56 Å². The third-order valence-corrected chi connectivity index (χ3v) is 2.78. The summed E-state index contributed by atoms with van der Waals surface area (Å²) in [5.41, 5.74) is 2.02. The zero-order valence-corrected chi connectivity index (χ0v) is 8.82. The fraction of sp³-hybridized carbons (Fsp3) is 0.500. The Kier molecular flexibility index (Phi) is 2.13. The van der Waals surface area contributed by atoms with Crippen LogP contribution >= 0.6 is 0 Å². The van der Waals surface area contributed by atoms with Gasteiger partial charge in [0.2, 0.25) is 0 Å². The van der Waals surface area contributed by atoms with Crippen LogP contribution in [-0.2, 0) is 10.3 Å². The zero-order valence-electron chi connectivity index (χ0n) is 8.82. The highest BCUT2D eigenvalue weighted by Crippen LogP contribution is 2.44. The van der Waals surface area contributed by atoms with Crippen LogP contribution in [0.25, 0.3) is 0 Å². The first kappa shape index (κ1) is 9.69. The molecule has 76 valence electrons. The Balaban J connectivity index is 2.49. The van der Waals surface area contributed by atoms with Gasteiger partial charge in [0.15, 0.2) is 0 Å². The minimum Gasteiger partial charge on any atom is -0.390 e. The molecule has 2 rings (SSSR count). The van der Waals surface area contributed by atoms with Crippen molar-refractivity contribution in [2.45, 2.75) is 38.6 Å². The largest absolute Gasteiger partial charge is 0.390 e. The minimum atomic E-state index is -0.460. The van der Waals surface area contributed by atoms with E-state index < -0.39 is 6.10 Å². The second-order valence-electron chi connectivity index (χ2n) is 4.38. The fourth-order valence-electron chi connectivity index (χ4n) is 2.10. The van der Waals surface area contributed by atoms with Crippen molar-refractivity contribution in [3.63, 3.8) is 0 Å². The smallest absolute Gasteiger partial charge is 0.110 e. The number of ether oxygens (including phenoxy) is 1. The van der Waals surface area contributed by atoms with Gasteiger partial charge in [-0.05, 0) is 31.9 Å². The van der Waals surface area contributed by atoms with Crippen molar-refractivity contribution < 1.29 is 9.84 Å². The lowest BCUT2D eigenvalue weighted by Crippen LogP contribution is -2.19. The molecule has 0 saturated carbocycles. The summed E-state index contributed by atoms with van der Waals surface area (Å²) in [5.74, 6) is 0. The van der Waals surface area contributed by atoms with Crippen LogP contribution in [0.2, 0.25) is 0 Å². The molecule has 1 aliphatic rings. The molecule has 0 aromatic heterocycles. The van der Waals surface area contributed by atoms with Gasteiger partial charge in [-0.3, -0.25) is 0 Å². The van der Waals surface area contributed by atoms with Crippen LogP contribution in [0.4, 0.5) is 0 Å². The summed E-state index contributed by atoms with van der Waals surface area (Å²) in [6.45, 7) is 5.84. The first-order valence-corrected chi connectivity index (χ1v) is 4.97. The maximum Gasteiger partial charge on any atom is 0.110 e. The SMILES string of the molecule is CC(O)C1OC(C)(C)c2ccccc21. The highest BCUT2D eigenvalue weighted by atomic mass is 16.5. The van der Waals surface area contributed by atoms with Gasteiger partial charge in [-0.1, -0.05) is 24.3 Å². The highest BCUT2D eigenvalue weighted by Gasteiger charge is 2.39. The molecular formula is C12H16O2. The monoisotopic (exact) mass is 192 g/mol. The lowest BCUT2D eigenvalue weighted by Gasteiger charge is -2.21. The van der Waals surface area contributed by atoms with Crippen molar-refractivity contribution in [1.29, 1.82) is 0 Å². The average Bonchev–Trinajstić information content (AvgIpc) is 2.40. The molecule has 0 fully saturated rings. The summed E-state index contributed by atoms with van der Waals surface area (Å²) in [6, 6.07) is 8.09. The maximum atomic E-state index is 9.61. The van der Waals surface area contributed by atoms with Crippen LogP contribution in [0.3, 0.4) is 0 Å². The van der Waals surface area contributed by atoms with Crippen LogP contribution < -0.4 is 0 Å². The van der Waals surface area contributed by atoms with E-state index in [-0.39, 0.29) is 11.7 Å². The van der Waals surface area contributed by atoms with Crippen molar-refractivity contribution in [3.8, 4) is 0 Å². The summed E-state index contributed by atoms with van der Waals surface area (Å²) >= 11 is 0. The van der Waals surface area contributed by atoms with Crippen LogP contribution in [0.5, 0.6) is 0 Å². The summed E-state index contributed by atoms with van der Waals surface area (Å²) in [5, 5.41) is 9.61. The molecule has 1 aromatic carbocycles. The summed E-state index contributed by atoms with van der Waals surface area (Å²) in [6.07, 6.45) is -0.640. The quantitative estimate of drug-likeness (QED) is 0.740. The Morgan fingerprint density at radius 3 is 2.64 bits per heavy atom. The Labute approximate surface area is 84.5 Å². The molecule has 0 aliphatic carbocycles. The Bertz CT molecular complexity index is 342. The third-order valence-electron chi connectivity index (χ3n) is 2.78. The molecule has 0 radical (unpaired) electrons. The van der Waals surface area contributed by atoms with Crippen molar-refractivity contribution >= 4 is 0 Å².